The zero-order valence-corrected chi connectivity index (χ0v) is 20.4. The van der Waals surface area contributed by atoms with Gasteiger partial charge in [-0.1, -0.05) is 60.7 Å². The molecule has 1 aliphatic rings. The summed E-state index contributed by atoms with van der Waals surface area (Å²) in [6, 6.07) is 21.2. The molecule has 1 saturated heterocycles. The van der Waals surface area contributed by atoms with Gasteiger partial charge < -0.3 is 20.4 Å². The van der Waals surface area contributed by atoms with Crippen LogP contribution in [0.5, 0.6) is 0 Å². The number of rotatable bonds is 8. The van der Waals surface area contributed by atoms with Crippen molar-refractivity contribution in [3.8, 4) is 0 Å². The Balaban J connectivity index is 1.47. The molecule has 0 aliphatic carbocycles. The van der Waals surface area contributed by atoms with E-state index in [0.29, 0.717) is 24.9 Å². The maximum atomic E-state index is 4.97. The lowest BCUT2D eigenvalue weighted by molar-refractivity contribution is 0.249. The summed E-state index contributed by atoms with van der Waals surface area (Å²) in [5.41, 5.74) is 3.82. The van der Waals surface area contributed by atoms with E-state index in [1.165, 1.54) is 11.1 Å². The number of nitrogens with zero attached hydrogens (tertiary/aromatic N) is 6. The van der Waals surface area contributed by atoms with Crippen LogP contribution < -0.4 is 15.5 Å². The number of aromatic nitrogens is 4. The van der Waals surface area contributed by atoms with Crippen molar-refractivity contribution in [1.82, 2.24) is 24.8 Å². The second-order valence-corrected chi connectivity index (χ2v) is 9.15. The molecule has 0 radical (unpaired) electrons. The Morgan fingerprint density at radius 2 is 1.37 bits per heavy atom. The number of benzene rings is 2. The molecule has 1 aliphatic heterocycles. The van der Waals surface area contributed by atoms with Gasteiger partial charge in [0.2, 0.25) is 5.95 Å². The van der Waals surface area contributed by atoms with Crippen molar-refractivity contribution < 1.29 is 0 Å². The van der Waals surface area contributed by atoms with E-state index < -0.39 is 0 Å². The molecule has 8 heteroatoms. The minimum absolute atomic E-state index is 0.591. The summed E-state index contributed by atoms with van der Waals surface area (Å²) in [4.78, 5) is 23.6. The lowest BCUT2D eigenvalue weighted by atomic mass is 10.0. The first-order chi connectivity index (χ1) is 17.2. The summed E-state index contributed by atoms with van der Waals surface area (Å²) in [6.45, 7) is 3.17. The van der Waals surface area contributed by atoms with Gasteiger partial charge in [-0.05, 0) is 38.1 Å². The van der Waals surface area contributed by atoms with Crippen molar-refractivity contribution in [2.75, 3.05) is 42.7 Å². The number of fused-ring (bicyclic) bond motifs is 1. The molecule has 0 unspecified atom stereocenters. The van der Waals surface area contributed by atoms with E-state index in [0.717, 1.165) is 48.7 Å². The second kappa shape index (κ2) is 10.7. The highest BCUT2D eigenvalue weighted by Crippen LogP contribution is 2.28. The van der Waals surface area contributed by atoms with Crippen LogP contribution in [0.4, 0.5) is 17.6 Å². The number of hydrogen-bond acceptors (Lipinski definition) is 8. The average molecular weight is 469 g/mol. The largest absolute Gasteiger partial charge is 0.364 e. The molecule has 35 heavy (non-hydrogen) atoms. The lowest BCUT2D eigenvalue weighted by Gasteiger charge is -2.35. The topological polar surface area (TPSA) is 82.1 Å². The van der Waals surface area contributed by atoms with Gasteiger partial charge in [0, 0.05) is 32.2 Å². The van der Waals surface area contributed by atoms with Gasteiger partial charge in [0.1, 0.15) is 17.4 Å². The predicted octanol–water partition coefficient (Wildman–Crippen LogP) is 4.17. The third-order valence-corrected chi connectivity index (χ3v) is 6.55. The maximum Gasteiger partial charge on any atom is 0.228 e. The minimum atomic E-state index is 0.591. The molecular formula is C27H32N8. The molecule has 0 spiro atoms. The molecule has 4 aromatic rings. The Bertz CT molecular complexity index is 1240. The second-order valence-electron chi connectivity index (χ2n) is 9.15. The number of anilines is 3. The normalized spacial score (nSPS) is 14.4. The predicted molar refractivity (Wildman–Crippen MR) is 142 cm³/mol. The van der Waals surface area contributed by atoms with Crippen LogP contribution in [0.3, 0.4) is 0 Å². The first-order valence-corrected chi connectivity index (χ1v) is 12.2. The first kappa shape index (κ1) is 23.0. The van der Waals surface area contributed by atoms with Crippen LogP contribution in [0.1, 0.15) is 24.0 Å². The molecule has 5 rings (SSSR count). The number of nitrogens with one attached hydrogen (secondary N) is 2. The van der Waals surface area contributed by atoms with Gasteiger partial charge in [0.05, 0.1) is 0 Å². The van der Waals surface area contributed by atoms with Crippen LogP contribution in [0.15, 0.2) is 67.0 Å². The molecule has 0 saturated carbocycles. The average Bonchev–Trinajstić information content (AvgIpc) is 2.91. The zero-order chi connectivity index (χ0) is 24.0. The van der Waals surface area contributed by atoms with E-state index in [1.54, 1.807) is 6.33 Å². The molecule has 2 aromatic heterocycles. The van der Waals surface area contributed by atoms with Gasteiger partial charge in [-0.25, -0.2) is 15.0 Å². The maximum absolute atomic E-state index is 4.97. The highest BCUT2D eigenvalue weighted by molar-refractivity contribution is 5.93. The molecule has 2 N–H and O–H groups in total. The molecule has 0 amide bonds. The van der Waals surface area contributed by atoms with E-state index in [9.17, 15) is 0 Å². The Morgan fingerprint density at radius 1 is 0.771 bits per heavy atom. The minimum Gasteiger partial charge on any atom is -0.364 e. The van der Waals surface area contributed by atoms with Crippen molar-refractivity contribution in [2.45, 2.75) is 32.0 Å². The molecule has 3 heterocycles. The highest BCUT2D eigenvalue weighted by atomic mass is 15.3. The summed E-state index contributed by atoms with van der Waals surface area (Å²) in [5, 5.41) is 6.97. The molecule has 8 nitrogen and oxygen atoms in total. The van der Waals surface area contributed by atoms with Crippen LogP contribution in [0, 0.1) is 0 Å². The standard InChI is InChI=1S/C27H32N8/c1-34(2)22-13-15-35(16-14-22)27-32-24-23(26(33-27)29-18-21-11-7-4-8-12-21)30-19-31-25(24)28-17-20-9-5-3-6-10-20/h3-12,19,22H,13-18H2,1-2H3,(H,28,30,31)(H,29,32,33). The first-order valence-electron chi connectivity index (χ1n) is 12.2. The van der Waals surface area contributed by atoms with Gasteiger partial charge in [0.25, 0.3) is 0 Å². The lowest BCUT2D eigenvalue weighted by Crippen LogP contribution is -2.42. The molecule has 180 valence electrons. The Labute approximate surface area is 206 Å². The summed E-state index contributed by atoms with van der Waals surface area (Å²) in [6.07, 6.45) is 3.76. The Kier molecular flexibility index (Phi) is 6.99. The summed E-state index contributed by atoms with van der Waals surface area (Å²) in [7, 11) is 4.31. The molecular weight excluding hydrogens is 436 g/mol. The fraction of sp³-hybridized carbons (Fsp3) is 0.333. The van der Waals surface area contributed by atoms with Crippen molar-refractivity contribution in [2.24, 2.45) is 0 Å². The van der Waals surface area contributed by atoms with E-state index >= 15 is 0 Å². The fourth-order valence-corrected chi connectivity index (χ4v) is 4.48. The van der Waals surface area contributed by atoms with Crippen LogP contribution in [-0.2, 0) is 13.1 Å². The Hall–Kier alpha value is -3.78. The van der Waals surface area contributed by atoms with Crippen molar-refractivity contribution in [1.29, 1.82) is 0 Å². The molecule has 2 aromatic carbocycles. The summed E-state index contributed by atoms with van der Waals surface area (Å²) < 4.78 is 0. The smallest absolute Gasteiger partial charge is 0.228 e. The molecule has 0 atom stereocenters. The van der Waals surface area contributed by atoms with Crippen LogP contribution in [-0.4, -0.2) is 58.1 Å². The SMILES string of the molecule is CN(C)C1CCN(c2nc(NCc3ccccc3)c3ncnc(NCc4ccccc4)c3n2)CC1. The summed E-state index contributed by atoms with van der Waals surface area (Å²) in [5.74, 6) is 2.17. The monoisotopic (exact) mass is 468 g/mol. The third-order valence-electron chi connectivity index (χ3n) is 6.55. The number of hydrogen-bond donors (Lipinski definition) is 2. The third kappa shape index (κ3) is 5.49. The zero-order valence-electron chi connectivity index (χ0n) is 20.4. The van der Waals surface area contributed by atoms with Gasteiger partial charge in [-0.3, -0.25) is 0 Å². The van der Waals surface area contributed by atoms with Gasteiger partial charge in [0.15, 0.2) is 11.6 Å². The van der Waals surface area contributed by atoms with Crippen molar-refractivity contribution >= 4 is 28.6 Å². The van der Waals surface area contributed by atoms with Gasteiger partial charge >= 0.3 is 0 Å². The van der Waals surface area contributed by atoms with Crippen LogP contribution in [0.2, 0.25) is 0 Å². The number of piperidine rings is 1. The molecule has 1 fully saturated rings. The van der Waals surface area contributed by atoms with Crippen LogP contribution in [0.25, 0.3) is 11.0 Å². The van der Waals surface area contributed by atoms with Crippen molar-refractivity contribution in [3.63, 3.8) is 0 Å². The highest BCUT2D eigenvalue weighted by Gasteiger charge is 2.24. The molecule has 0 bridgehead atoms. The van der Waals surface area contributed by atoms with Gasteiger partial charge in [-0.2, -0.15) is 4.98 Å². The quantitative estimate of drug-likeness (QED) is 0.399. The van der Waals surface area contributed by atoms with Crippen molar-refractivity contribution in [3.05, 3.63) is 78.1 Å². The Morgan fingerprint density at radius 3 is 1.97 bits per heavy atom. The van der Waals surface area contributed by atoms with E-state index in [4.69, 9.17) is 9.97 Å². The van der Waals surface area contributed by atoms with Gasteiger partial charge in [-0.15, -0.1) is 0 Å². The van der Waals surface area contributed by atoms with E-state index in [1.807, 2.05) is 36.4 Å². The fourth-order valence-electron chi connectivity index (χ4n) is 4.48. The van der Waals surface area contributed by atoms with Crippen LogP contribution >= 0.6 is 0 Å². The van der Waals surface area contributed by atoms with E-state index in [-0.39, 0.29) is 0 Å². The summed E-state index contributed by atoms with van der Waals surface area (Å²) >= 11 is 0. The van der Waals surface area contributed by atoms with E-state index in [2.05, 4.69) is 68.8 Å².